The van der Waals surface area contributed by atoms with Crippen LogP contribution < -0.4 is 11.1 Å². The lowest BCUT2D eigenvalue weighted by Gasteiger charge is -2.17. The zero-order valence-corrected chi connectivity index (χ0v) is 12.4. The van der Waals surface area contributed by atoms with Crippen molar-refractivity contribution < 1.29 is 0 Å². The Bertz CT molecular complexity index is 339. The molecule has 17 heavy (non-hydrogen) atoms. The second kappa shape index (κ2) is 7.59. The van der Waals surface area contributed by atoms with Crippen LogP contribution in [0.3, 0.4) is 0 Å². The van der Waals surface area contributed by atoms with E-state index in [0.717, 1.165) is 15.8 Å². The molecular formula is C14H23BrN2. The topological polar surface area (TPSA) is 38.0 Å². The Morgan fingerprint density at radius 3 is 2.76 bits per heavy atom. The third-order valence-electron chi connectivity index (χ3n) is 2.91. The fourth-order valence-corrected chi connectivity index (χ4v) is 2.23. The van der Waals surface area contributed by atoms with Crippen LogP contribution in [0.4, 0.5) is 11.4 Å². The maximum atomic E-state index is 5.93. The van der Waals surface area contributed by atoms with Gasteiger partial charge in [-0.1, -0.05) is 48.5 Å². The van der Waals surface area contributed by atoms with Crippen molar-refractivity contribution in [1.82, 2.24) is 0 Å². The van der Waals surface area contributed by atoms with Gasteiger partial charge in [0.15, 0.2) is 0 Å². The molecule has 0 amide bonds. The van der Waals surface area contributed by atoms with E-state index in [1.54, 1.807) is 0 Å². The van der Waals surface area contributed by atoms with E-state index in [0.29, 0.717) is 6.04 Å². The summed E-state index contributed by atoms with van der Waals surface area (Å²) >= 11 is 3.46. The molecule has 0 bridgehead atoms. The van der Waals surface area contributed by atoms with Gasteiger partial charge in [0, 0.05) is 10.5 Å². The van der Waals surface area contributed by atoms with Crippen LogP contribution >= 0.6 is 15.9 Å². The number of unbranched alkanes of at least 4 members (excludes halogenated alkanes) is 3. The van der Waals surface area contributed by atoms with Crippen molar-refractivity contribution in [2.45, 2.75) is 52.0 Å². The molecule has 1 unspecified atom stereocenters. The van der Waals surface area contributed by atoms with Crippen molar-refractivity contribution >= 4 is 27.3 Å². The van der Waals surface area contributed by atoms with Crippen molar-refractivity contribution in [2.75, 3.05) is 11.1 Å². The third kappa shape index (κ3) is 5.44. The first kappa shape index (κ1) is 14.4. The summed E-state index contributed by atoms with van der Waals surface area (Å²) in [5.74, 6) is 0. The molecule has 0 fully saturated rings. The number of rotatable bonds is 7. The van der Waals surface area contributed by atoms with Crippen molar-refractivity contribution in [3.05, 3.63) is 22.7 Å². The van der Waals surface area contributed by atoms with E-state index in [-0.39, 0.29) is 0 Å². The molecule has 3 heteroatoms. The Morgan fingerprint density at radius 2 is 2.06 bits per heavy atom. The largest absolute Gasteiger partial charge is 0.397 e. The van der Waals surface area contributed by atoms with E-state index in [1.807, 2.05) is 18.2 Å². The predicted octanol–water partition coefficient (Wildman–Crippen LogP) is 4.80. The fraction of sp³-hybridized carbons (Fsp3) is 0.571. The summed E-state index contributed by atoms with van der Waals surface area (Å²) < 4.78 is 1.06. The zero-order chi connectivity index (χ0) is 12.7. The van der Waals surface area contributed by atoms with Crippen LogP contribution in [0.25, 0.3) is 0 Å². The van der Waals surface area contributed by atoms with Gasteiger partial charge in [0.1, 0.15) is 0 Å². The Kier molecular flexibility index (Phi) is 6.41. The standard InChI is InChI=1S/C14H23BrN2/c1-3-4-5-6-7-11(2)17-14-10-12(15)8-9-13(14)16/h8-11,17H,3-7,16H2,1-2H3. The SMILES string of the molecule is CCCCCCC(C)Nc1cc(Br)ccc1N. The summed E-state index contributed by atoms with van der Waals surface area (Å²) in [5, 5.41) is 3.47. The van der Waals surface area contributed by atoms with Gasteiger partial charge in [-0.25, -0.2) is 0 Å². The van der Waals surface area contributed by atoms with E-state index < -0.39 is 0 Å². The lowest BCUT2D eigenvalue weighted by molar-refractivity contribution is 0.594. The molecule has 0 heterocycles. The van der Waals surface area contributed by atoms with Crippen LogP contribution in [0.15, 0.2) is 22.7 Å². The van der Waals surface area contributed by atoms with Gasteiger partial charge in [0.2, 0.25) is 0 Å². The molecule has 0 aliphatic rings. The van der Waals surface area contributed by atoms with E-state index in [2.05, 4.69) is 35.1 Å². The fourth-order valence-electron chi connectivity index (χ4n) is 1.87. The molecule has 1 rings (SSSR count). The molecule has 1 aromatic carbocycles. The molecular weight excluding hydrogens is 276 g/mol. The molecule has 2 nitrogen and oxygen atoms in total. The monoisotopic (exact) mass is 298 g/mol. The van der Waals surface area contributed by atoms with Crippen LogP contribution in [0, 0.1) is 0 Å². The van der Waals surface area contributed by atoms with Crippen molar-refractivity contribution in [1.29, 1.82) is 0 Å². The smallest absolute Gasteiger partial charge is 0.0587 e. The number of hydrogen-bond donors (Lipinski definition) is 2. The average Bonchev–Trinajstić information content (AvgIpc) is 2.29. The second-order valence-electron chi connectivity index (χ2n) is 4.63. The minimum absolute atomic E-state index is 0.475. The highest BCUT2D eigenvalue weighted by Crippen LogP contribution is 2.24. The van der Waals surface area contributed by atoms with E-state index in [4.69, 9.17) is 5.73 Å². The zero-order valence-electron chi connectivity index (χ0n) is 10.8. The van der Waals surface area contributed by atoms with Gasteiger partial charge in [0.25, 0.3) is 0 Å². The molecule has 0 aromatic heterocycles. The Hall–Kier alpha value is -0.700. The number of nitrogens with one attached hydrogen (secondary N) is 1. The minimum atomic E-state index is 0.475. The van der Waals surface area contributed by atoms with Crippen LogP contribution in [-0.2, 0) is 0 Å². The summed E-state index contributed by atoms with van der Waals surface area (Å²) in [7, 11) is 0. The summed E-state index contributed by atoms with van der Waals surface area (Å²) in [6, 6.07) is 6.41. The van der Waals surface area contributed by atoms with Gasteiger partial charge in [-0.3, -0.25) is 0 Å². The third-order valence-corrected chi connectivity index (χ3v) is 3.40. The van der Waals surface area contributed by atoms with Gasteiger partial charge in [-0.05, 0) is 31.5 Å². The number of halogens is 1. The van der Waals surface area contributed by atoms with E-state index in [1.165, 1.54) is 32.1 Å². The molecule has 96 valence electrons. The second-order valence-corrected chi connectivity index (χ2v) is 5.54. The number of anilines is 2. The summed E-state index contributed by atoms with van der Waals surface area (Å²) in [5.41, 5.74) is 7.77. The van der Waals surface area contributed by atoms with E-state index in [9.17, 15) is 0 Å². The highest BCUT2D eigenvalue weighted by molar-refractivity contribution is 9.10. The van der Waals surface area contributed by atoms with Gasteiger partial charge in [0.05, 0.1) is 11.4 Å². The molecule has 1 atom stereocenters. The lowest BCUT2D eigenvalue weighted by Crippen LogP contribution is -2.15. The molecule has 0 saturated carbocycles. The molecule has 0 spiro atoms. The van der Waals surface area contributed by atoms with Crippen molar-refractivity contribution in [3.63, 3.8) is 0 Å². The van der Waals surface area contributed by atoms with Gasteiger partial charge >= 0.3 is 0 Å². The van der Waals surface area contributed by atoms with Crippen LogP contribution in [0.2, 0.25) is 0 Å². The highest BCUT2D eigenvalue weighted by Gasteiger charge is 2.05. The molecule has 0 aliphatic carbocycles. The quantitative estimate of drug-likeness (QED) is 0.560. The van der Waals surface area contributed by atoms with Gasteiger partial charge in [-0.2, -0.15) is 0 Å². The maximum Gasteiger partial charge on any atom is 0.0587 e. The number of benzene rings is 1. The van der Waals surface area contributed by atoms with Crippen molar-refractivity contribution in [3.8, 4) is 0 Å². The van der Waals surface area contributed by atoms with E-state index >= 15 is 0 Å². The van der Waals surface area contributed by atoms with Crippen LogP contribution in [-0.4, -0.2) is 6.04 Å². The number of nitrogen functional groups attached to an aromatic ring is 1. The molecule has 1 aromatic rings. The minimum Gasteiger partial charge on any atom is -0.397 e. The Morgan fingerprint density at radius 1 is 1.29 bits per heavy atom. The number of hydrogen-bond acceptors (Lipinski definition) is 2. The lowest BCUT2D eigenvalue weighted by atomic mass is 10.1. The predicted molar refractivity (Wildman–Crippen MR) is 80.4 cm³/mol. The first-order chi connectivity index (χ1) is 8.13. The molecule has 0 aliphatic heterocycles. The summed E-state index contributed by atoms with van der Waals surface area (Å²) in [6.45, 7) is 4.45. The van der Waals surface area contributed by atoms with Crippen LogP contribution in [0.1, 0.15) is 46.0 Å². The summed E-state index contributed by atoms with van der Waals surface area (Å²) in [4.78, 5) is 0. The maximum absolute atomic E-state index is 5.93. The van der Waals surface area contributed by atoms with Gasteiger partial charge < -0.3 is 11.1 Å². The van der Waals surface area contributed by atoms with Gasteiger partial charge in [-0.15, -0.1) is 0 Å². The highest BCUT2D eigenvalue weighted by atomic mass is 79.9. The average molecular weight is 299 g/mol. The molecule has 0 radical (unpaired) electrons. The Labute approximate surface area is 113 Å². The normalized spacial score (nSPS) is 12.4. The number of nitrogens with two attached hydrogens (primary N) is 1. The van der Waals surface area contributed by atoms with Crippen LogP contribution in [0.5, 0.6) is 0 Å². The van der Waals surface area contributed by atoms with Crippen molar-refractivity contribution in [2.24, 2.45) is 0 Å². The first-order valence-corrected chi connectivity index (χ1v) is 7.24. The summed E-state index contributed by atoms with van der Waals surface area (Å²) in [6.07, 6.45) is 6.45. The molecule has 0 saturated heterocycles. The Balaban J connectivity index is 2.39. The molecule has 3 N–H and O–H groups in total. The first-order valence-electron chi connectivity index (χ1n) is 6.45.